The second-order valence-electron chi connectivity index (χ2n) is 6.28. The largest absolute Gasteiger partial charge is 0.482 e. The summed E-state index contributed by atoms with van der Waals surface area (Å²) in [6.45, 7) is 2.09. The summed E-state index contributed by atoms with van der Waals surface area (Å²) in [5, 5.41) is 0. The van der Waals surface area contributed by atoms with E-state index in [1.807, 2.05) is 23.1 Å². The smallest absolute Gasteiger partial charge is 0.264 e. The molecule has 2 aliphatic heterocycles. The van der Waals surface area contributed by atoms with Gasteiger partial charge in [0, 0.05) is 24.3 Å². The van der Waals surface area contributed by atoms with E-state index in [-0.39, 0.29) is 24.5 Å². The Morgan fingerprint density at radius 1 is 1.17 bits per heavy atom. The number of likely N-dealkylation sites (N-methyl/N-ethyl adjacent to an activating group) is 1. The molecule has 0 N–H and O–H groups in total. The van der Waals surface area contributed by atoms with E-state index in [0.717, 1.165) is 12.1 Å². The number of nitrogens with zero attached hydrogens (tertiary/aromatic N) is 2. The number of fused-ring (bicyclic) bond motifs is 2. The minimum Gasteiger partial charge on any atom is -0.482 e. The lowest BCUT2D eigenvalue weighted by molar-refractivity contribution is -0.120. The van der Waals surface area contributed by atoms with E-state index in [4.69, 9.17) is 4.74 Å². The highest BCUT2D eigenvalue weighted by atomic mass is 16.5. The van der Waals surface area contributed by atoms with Crippen LogP contribution < -0.4 is 14.5 Å². The summed E-state index contributed by atoms with van der Waals surface area (Å²) in [5.41, 5.74) is 3.35. The predicted octanol–water partition coefficient (Wildman–Crippen LogP) is 2.63. The Hall–Kier alpha value is -2.82. The third kappa shape index (κ3) is 2.16. The van der Waals surface area contributed by atoms with E-state index in [1.54, 1.807) is 25.2 Å². The average molecular weight is 322 g/mol. The molecule has 2 aliphatic rings. The number of para-hydroxylation sites is 1. The van der Waals surface area contributed by atoms with E-state index in [9.17, 15) is 9.59 Å². The van der Waals surface area contributed by atoms with Gasteiger partial charge in [-0.2, -0.15) is 0 Å². The molecule has 0 saturated heterocycles. The minimum atomic E-state index is -0.119. The minimum absolute atomic E-state index is 0.0350. The van der Waals surface area contributed by atoms with E-state index in [2.05, 4.69) is 13.0 Å². The number of carbonyl (C=O) groups excluding carboxylic acids is 2. The number of benzene rings is 2. The Morgan fingerprint density at radius 2 is 1.96 bits per heavy atom. The van der Waals surface area contributed by atoms with Gasteiger partial charge in [-0.1, -0.05) is 18.2 Å². The molecule has 1 atom stereocenters. The molecule has 0 aromatic heterocycles. The molecule has 24 heavy (non-hydrogen) atoms. The van der Waals surface area contributed by atoms with Crippen molar-refractivity contribution in [2.75, 3.05) is 23.5 Å². The van der Waals surface area contributed by atoms with Gasteiger partial charge in [0.25, 0.3) is 11.8 Å². The van der Waals surface area contributed by atoms with Crippen LogP contribution in [0.5, 0.6) is 5.75 Å². The number of ether oxygens (including phenoxy) is 1. The number of amides is 2. The Kier molecular flexibility index (Phi) is 3.30. The molecule has 2 amide bonds. The SMILES string of the molecule is CC1Cc2ccccc2N1C(=O)c1ccc2c(c1)N(C)C(=O)CO2. The summed E-state index contributed by atoms with van der Waals surface area (Å²) < 4.78 is 5.43. The first kappa shape index (κ1) is 14.8. The molecule has 1 unspecified atom stereocenters. The Labute approximate surface area is 140 Å². The number of carbonyl (C=O) groups is 2. The molecule has 2 aromatic carbocycles. The first-order valence-electron chi connectivity index (χ1n) is 8.01. The second-order valence-corrected chi connectivity index (χ2v) is 6.28. The molecular weight excluding hydrogens is 304 g/mol. The molecule has 0 saturated carbocycles. The fraction of sp³-hybridized carbons (Fsp3) is 0.263. The Balaban J connectivity index is 1.72. The fourth-order valence-electron chi connectivity index (χ4n) is 3.42. The maximum absolute atomic E-state index is 13.1. The molecule has 2 aromatic rings. The third-order valence-electron chi connectivity index (χ3n) is 4.72. The molecule has 0 bridgehead atoms. The highest BCUT2D eigenvalue weighted by Gasteiger charge is 2.32. The van der Waals surface area contributed by atoms with E-state index in [0.29, 0.717) is 17.0 Å². The monoisotopic (exact) mass is 322 g/mol. The zero-order chi connectivity index (χ0) is 16.8. The lowest BCUT2D eigenvalue weighted by Gasteiger charge is -2.27. The molecule has 4 rings (SSSR count). The first-order chi connectivity index (χ1) is 11.6. The molecule has 2 heterocycles. The highest BCUT2D eigenvalue weighted by molar-refractivity contribution is 6.09. The van der Waals surface area contributed by atoms with Gasteiger partial charge in [0.15, 0.2) is 6.61 Å². The Bertz CT molecular complexity index is 846. The van der Waals surface area contributed by atoms with Crippen LogP contribution in [0.25, 0.3) is 0 Å². The predicted molar refractivity (Wildman–Crippen MR) is 91.8 cm³/mol. The molecular formula is C19H18N2O3. The van der Waals surface area contributed by atoms with Crippen molar-refractivity contribution >= 4 is 23.2 Å². The van der Waals surface area contributed by atoms with Crippen LogP contribution in [-0.2, 0) is 11.2 Å². The highest BCUT2D eigenvalue weighted by Crippen LogP contribution is 2.36. The van der Waals surface area contributed by atoms with Gasteiger partial charge < -0.3 is 14.5 Å². The van der Waals surface area contributed by atoms with Gasteiger partial charge >= 0.3 is 0 Å². The van der Waals surface area contributed by atoms with Crippen molar-refractivity contribution in [2.45, 2.75) is 19.4 Å². The summed E-state index contributed by atoms with van der Waals surface area (Å²) in [7, 11) is 1.70. The normalized spacial score (nSPS) is 18.9. The Morgan fingerprint density at radius 3 is 2.79 bits per heavy atom. The standard InChI is InChI=1S/C19H18N2O3/c1-12-9-13-5-3-4-6-15(13)21(12)19(23)14-7-8-17-16(10-14)20(2)18(22)11-24-17/h3-8,10,12H,9,11H2,1-2H3. The van der Waals surface area contributed by atoms with E-state index in [1.165, 1.54) is 10.5 Å². The topological polar surface area (TPSA) is 49.9 Å². The molecule has 0 aliphatic carbocycles. The molecule has 0 radical (unpaired) electrons. The number of hydrogen-bond donors (Lipinski definition) is 0. The van der Waals surface area contributed by atoms with Gasteiger partial charge in [-0.15, -0.1) is 0 Å². The van der Waals surface area contributed by atoms with Crippen molar-refractivity contribution in [3.8, 4) is 5.75 Å². The van der Waals surface area contributed by atoms with Crippen molar-refractivity contribution < 1.29 is 14.3 Å². The second kappa shape index (κ2) is 5.37. The van der Waals surface area contributed by atoms with Crippen LogP contribution in [0.3, 0.4) is 0 Å². The lowest BCUT2D eigenvalue weighted by atomic mass is 10.1. The van der Waals surface area contributed by atoms with E-state index < -0.39 is 0 Å². The summed E-state index contributed by atoms with van der Waals surface area (Å²) in [6.07, 6.45) is 0.856. The number of hydrogen-bond acceptors (Lipinski definition) is 3. The third-order valence-corrected chi connectivity index (χ3v) is 4.72. The molecule has 5 nitrogen and oxygen atoms in total. The first-order valence-corrected chi connectivity index (χ1v) is 8.01. The van der Waals surface area contributed by atoms with Crippen LogP contribution in [0.1, 0.15) is 22.8 Å². The number of anilines is 2. The quantitative estimate of drug-likeness (QED) is 0.811. The summed E-state index contributed by atoms with van der Waals surface area (Å²) in [4.78, 5) is 28.3. The van der Waals surface area contributed by atoms with Crippen LogP contribution in [0.4, 0.5) is 11.4 Å². The van der Waals surface area contributed by atoms with Gasteiger partial charge in [-0.3, -0.25) is 9.59 Å². The van der Waals surface area contributed by atoms with Crippen LogP contribution in [0.15, 0.2) is 42.5 Å². The van der Waals surface area contributed by atoms with Crippen molar-refractivity contribution in [3.63, 3.8) is 0 Å². The van der Waals surface area contributed by atoms with Crippen molar-refractivity contribution in [3.05, 3.63) is 53.6 Å². The maximum atomic E-state index is 13.1. The van der Waals surface area contributed by atoms with Gasteiger partial charge in [-0.05, 0) is 43.2 Å². The van der Waals surface area contributed by atoms with Crippen molar-refractivity contribution in [2.24, 2.45) is 0 Å². The molecule has 0 spiro atoms. The van der Waals surface area contributed by atoms with Crippen LogP contribution in [-0.4, -0.2) is 31.5 Å². The van der Waals surface area contributed by atoms with E-state index >= 15 is 0 Å². The zero-order valence-electron chi connectivity index (χ0n) is 13.7. The van der Waals surface area contributed by atoms with Gasteiger partial charge in [0.2, 0.25) is 0 Å². The number of rotatable bonds is 1. The summed E-state index contributed by atoms with van der Waals surface area (Å²) in [5.74, 6) is 0.456. The average Bonchev–Trinajstić information content (AvgIpc) is 2.93. The lowest BCUT2D eigenvalue weighted by Crippen LogP contribution is -2.37. The molecule has 0 fully saturated rings. The van der Waals surface area contributed by atoms with Crippen LogP contribution in [0, 0.1) is 0 Å². The summed E-state index contributed by atoms with van der Waals surface area (Å²) in [6, 6.07) is 13.4. The van der Waals surface area contributed by atoms with Crippen molar-refractivity contribution in [1.82, 2.24) is 0 Å². The van der Waals surface area contributed by atoms with Gasteiger partial charge in [0.1, 0.15) is 5.75 Å². The molecule has 122 valence electrons. The van der Waals surface area contributed by atoms with Crippen LogP contribution >= 0.6 is 0 Å². The maximum Gasteiger partial charge on any atom is 0.264 e. The summed E-state index contributed by atoms with van der Waals surface area (Å²) >= 11 is 0. The molecule has 5 heteroatoms. The zero-order valence-corrected chi connectivity index (χ0v) is 13.7. The van der Waals surface area contributed by atoms with Crippen LogP contribution in [0.2, 0.25) is 0 Å². The van der Waals surface area contributed by atoms with Gasteiger partial charge in [0.05, 0.1) is 5.69 Å². The van der Waals surface area contributed by atoms with Crippen molar-refractivity contribution in [1.29, 1.82) is 0 Å². The fourth-order valence-corrected chi connectivity index (χ4v) is 3.42. The van der Waals surface area contributed by atoms with Gasteiger partial charge in [-0.25, -0.2) is 0 Å².